The largest absolute Gasteiger partial charge is 0.396 e. The minimum atomic E-state index is -1.11. The molecule has 1 spiro atoms. The zero-order valence-electron chi connectivity index (χ0n) is 24.6. The highest BCUT2D eigenvalue weighted by Crippen LogP contribution is 2.59. The van der Waals surface area contributed by atoms with E-state index in [0.29, 0.717) is 32.4 Å². The third-order valence-electron chi connectivity index (χ3n) is 8.99. The van der Waals surface area contributed by atoms with Gasteiger partial charge in [0.05, 0.1) is 17.9 Å². The first-order valence-corrected chi connectivity index (χ1v) is 14.8. The van der Waals surface area contributed by atoms with Crippen LogP contribution in [-0.4, -0.2) is 76.6 Å². The third kappa shape index (κ3) is 5.07. The topological polar surface area (TPSA) is 90.4 Å². The number of aryl methyl sites for hydroxylation is 2. The van der Waals surface area contributed by atoms with E-state index in [1.165, 1.54) is 0 Å². The number of benzene rings is 2. The van der Waals surface area contributed by atoms with Gasteiger partial charge in [-0.05, 0) is 55.9 Å². The maximum atomic E-state index is 14.6. The van der Waals surface area contributed by atoms with Gasteiger partial charge in [0, 0.05) is 38.5 Å². The van der Waals surface area contributed by atoms with Crippen molar-refractivity contribution in [1.29, 1.82) is 0 Å². The van der Waals surface area contributed by atoms with Crippen molar-refractivity contribution in [2.24, 2.45) is 11.8 Å². The number of rotatable bonds is 12. The van der Waals surface area contributed by atoms with Gasteiger partial charge >= 0.3 is 0 Å². The lowest BCUT2D eigenvalue weighted by Gasteiger charge is -2.37. The van der Waals surface area contributed by atoms with E-state index in [9.17, 15) is 19.5 Å². The molecule has 2 aromatic rings. The van der Waals surface area contributed by atoms with Gasteiger partial charge in [-0.3, -0.25) is 14.4 Å². The van der Waals surface area contributed by atoms with Gasteiger partial charge in [-0.15, -0.1) is 13.2 Å². The van der Waals surface area contributed by atoms with Crippen LogP contribution in [0.15, 0.2) is 73.8 Å². The summed E-state index contributed by atoms with van der Waals surface area (Å²) in [7, 11) is 0. The number of ether oxygens (including phenoxy) is 1. The lowest BCUT2D eigenvalue weighted by Crippen LogP contribution is -2.56. The average molecular weight is 572 g/mol. The third-order valence-corrected chi connectivity index (χ3v) is 8.99. The van der Waals surface area contributed by atoms with E-state index in [0.717, 1.165) is 22.4 Å². The zero-order chi connectivity index (χ0) is 30.0. The van der Waals surface area contributed by atoms with E-state index in [1.54, 1.807) is 26.9 Å². The van der Waals surface area contributed by atoms with E-state index >= 15 is 0 Å². The number of carbonyl (C=O) groups is 3. The molecule has 5 rings (SSSR count). The summed E-state index contributed by atoms with van der Waals surface area (Å²) in [6.07, 6.45) is 4.35. The quantitative estimate of drug-likeness (QED) is 0.392. The van der Waals surface area contributed by atoms with E-state index in [4.69, 9.17) is 4.74 Å². The van der Waals surface area contributed by atoms with E-state index in [1.807, 2.05) is 62.4 Å². The van der Waals surface area contributed by atoms with Crippen molar-refractivity contribution in [2.45, 2.75) is 57.4 Å². The van der Waals surface area contributed by atoms with Crippen molar-refractivity contribution in [3.63, 3.8) is 0 Å². The second-order valence-corrected chi connectivity index (χ2v) is 11.7. The van der Waals surface area contributed by atoms with Crippen LogP contribution >= 0.6 is 0 Å². The second-order valence-electron chi connectivity index (χ2n) is 11.7. The maximum absolute atomic E-state index is 14.6. The molecular formula is C34H41N3O5. The summed E-state index contributed by atoms with van der Waals surface area (Å²) in [6, 6.07) is 14.8. The van der Waals surface area contributed by atoms with Gasteiger partial charge in [0.1, 0.15) is 11.6 Å². The number of carbonyl (C=O) groups excluding carboxylic acids is 3. The number of aliphatic hydroxyl groups is 1. The molecule has 2 bridgehead atoms. The number of aliphatic hydroxyl groups excluding tert-OH is 1. The summed E-state index contributed by atoms with van der Waals surface area (Å²) < 4.78 is 6.66. The number of hydrogen-bond acceptors (Lipinski definition) is 5. The van der Waals surface area contributed by atoms with Gasteiger partial charge in [0.15, 0.2) is 0 Å². The molecule has 3 amide bonds. The van der Waals surface area contributed by atoms with Crippen LogP contribution in [0.3, 0.4) is 0 Å². The van der Waals surface area contributed by atoms with Crippen molar-refractivity contribution in [2.75, 3.05) is 31.1 Å². The Balaban J connectivity index is 1.53. The highest BCUT2D eigenvalue weighted by atomic mass is 16.5. The Hall–Kier alpha value is -3.75. The molecule has 3 heterocycles. The number of likely N-dealkylation sites (tertiary alicyclic amines) is 1. The molecular weight excluding hydrogens is 530 g/mol. The molecule has 0 saturated carbocycles. The lowest BCUT2D eigenvalue weighted by atomic mass is 9.70. The van der Waals surface area contributed by atoms with Crippen LogP contribution in [0.25, 0.3) is 0 Å². The van der Waals surface area contributed by atoms with Gasteiger partial charge in [0.25, 0.3) is 5.91 Å². The minimum Gasteiger partial charge on any atom is -0.396 e. The predicted molar refractivity (Wildman–Crippen MR) is 162 cm³/mol. The van der Waals surface area contributed by atoms with Crippen molar-refractivity contribution in [3.05, 3.63) is 90.5 Å². The fourth-order valence-corrected chi connectivity index (χ4v) is 7.19. The number of nitrogens with zero attached hydrogens (tertiary/aromatic N) is 3. The number of anilines is 1. The first-order chi connectivity index (χ1) is 20.3. The first-order valence-electron chi connectivity index (χ1n) is 14.8. The Labute approximate surface area is 248 Å². The number of hydrogen-bond donors (Lipinski definition) is 1. The van der Waals surface area contributed by atoms with Crippen molar-refractivity contribution < 1.29 is 24.2 Å². The summed E-state index contributed by atoms with van der Waals surface area (Å²) in [5.74, 6) is -2.13. The van der Waals surface area contributed by atoms with Crippen molar-refractivity contribution in [3.8, 4) is 0 Å². The molecule has 1 N–H and O–H groups in total. The molecule has 8 nitrogen and oxygen atoms in total. The number of amides is 3. The van der Waals surface area contributed by atoms with Crippen LogP contribution in [0.1, 0.15) is 36.0 Å². The highest BCUT2D eigenvalue weighted by molar-refractivity contribution is 6.05. The summed E-state index contributed by atoms with van der Waals surface area (Å²) in [5, 5.41) is 9.67. The molecule has 3 saturated heterocycles. The van der Waals surface area contributed by atoms with E-state index in [2.05, 4.69) is 13.2 Å². The zero-order valence-corrected chi connectivity index (χ0v) is 24.6. The van der Waals surface area contributed by atoms with Crippen LogP contribution in [0, 0.1) is 25.7 Å². The Bertz CT molecular complexity index is 1360. The SMILES string of the molecule is C=CCN(Cc1ccccc1)C(=O)[C@@H]1[C@@H]2CCC3(O2)C(C(=O)N(CC=C)c2cc(C)ccc2C)N(CCCO)C(=O)[C@H]13. The maximum Gasteiger partial charge on any atom is 0.253 e. The summed E-state index contributed by atoms with van der Waals surface area (Å²) in [6.45, 7) is 12.7. The molecule has 2 unspecified atom stereocenters. The Morgan fingerprint density at radius 3 is 2.52 bits per heavy atom. The van der Waals surface area contributed by atoms with Gasteiger partial charge in [-0.1, -0.05) is 54.6 Å². The molecule has 0 aliphatic carbocycles. The fourth-order valence-electron chi connectivity index (χ4n) is 7.19. The molecule has 3 aliphatic rings. The standard InChI is InChI=1S/C34H41N3O5/c1-5-17-35(22-25-11-8-7-9-12-25)31(39)28-27-15-16-34(42-27)29(28)32(40)37(19-10-20-38)30(34)33(41)36(18-6-2)26-21-23(3)13-14-24(26)4/h5-9,11-14,21,27-30,38H,1-2,10,15-20,22H2,3-4H3/t27-,28+,29-,30?,34?/m0/s1. The fraction of sp³-hybridized carbons (Fsp3) is 0.441. The van der Waals surface area contributed by atoms with Gasteiger partial charge in [-0.2, -0.15) is 0 Å². The smallest absolute Gasteiger partial charge is 0.253 e. The van der Waals surface area contributed by atoms with E-state index < -0.39 is 29.6 Å². The molecule has 8 heteroatoms. The van der Waals surface area contributed by atoms with Gasteiger partial charge < -0.3 is 24.5 Å². The van der Waals surface area contributed by atoms with Gasteiger partial charge in [-0.25, -0.2) is 0 Å². The Morgan fingerprint density at radius 1 is 1.10 bits per heavy atom. The van der Waals surface area contributed by atoms with Crippen LogP contribution in [-0.2, 0) is 25.7 Å². The molecule has 0 radical (unpaired) electrons. The second kappa shape index (κ2) is 12.2. The van der Waals surface area contributed by atoms with Crippen LogP contribution in [0.4, 0.5) is 5.69 Å². The van der Waals surface area contributed by atoms with E-state index in [-0.39, 0.29) is 37.4 Å². The number of fused-ring (bicyclic) bond motifs is 1. The van der Waals surface area contributed by atoms with Crippen molar-refractivity contribution in [1.82, 2.24) is 9.80 Å². The Kier molecular flexibility index (Phi) is 8.66. The van der Waals surface area contributed by atoms with Crippen molar-refractivity contribution >= 4 is 23.4 Å². The summed E-state index contributed by atoms with van der Waals surface area (Å²) >= 11 is 0. The van der Waals surface area contributed by atoms with Crippen LogP contribution in [0.5, 0.6) is 0 Å². The summed E-state index contributed by atoms with van der Waals surface area (Å²) in [4.78, 5) is 48.1. The predicted octanol–water partition coefficient (Wildman–Crippen LogP) is 3.79. The highest BCUT2D eigenvalue weighted by Gasteiger charge is 2.74. The molecule has 5 atom stereocenters. The molecule has 0 aromatic heterocycles. The molecule has 42 heavy (non-hydrogen) atoms. The molecule has 3 aliphatic heterocycles. The average Bonchev–Trinajstić information content (AvgIpc) is 3.63. The molecule has 222 valence electrons. The normalized spacial score (nSPS) is 25.8. The minimum absolute atomic E-state index is 0.119. The lowest BCUT2D eigenvalue weighted by molar-refractivity contribution is -0.145. The first kappa shape index (κ1) is 29.7. The molecule has 2 aromatic carbocycles. The van der Waals surface area contributed by atoms with Gasteiger partial charge in [0.2, 0.25) is 11.8 Å². The molecule has 3 fully saturated rings. The Morgan fingerprint density at radius 2 is 1.83 bits per heavy atom. The monoisotopic (exact) mass is 571 g/mol. The summed E-state index contributed by atoms with van der Waals surface area (Å²) in [5.41, 5.74) is 2.57. The van der Waals surface area contributed by atoms with Crippen LogP contribution < -0.4 is 4.90 Å². The van der Waals surface area contributed by atoms with Crippen LogP contribution in [0.2, 0.25) is 0 Å².